The predicted octanol–water partition coefficient (Wildman–Crippen LogP) is 2.46. The van der Waals surface area contributed by atoms with Crippen LogP contribution in [0.1, 0.15) is 10.6 Å². The fourth-order valence-electron chi connectivity index (χ4n) is 2.39. The molecule has 2 N–H and O–H groups in total. The van der Waals surface area contributed by atoms with E-state index in [0.29, 0.717) is 5.76 Å². The molecule has 0 aliphatic carbocycles. The van der Waals surface area contributed by atoms with E-state index in [0.717, 1.165) is 24.3 Å². The molecule has 5 nitrogen and oxygen atoms in total. The van der Waals surface area contributed by atoms with Crippen molar-refractivity contribution in [2.45, 2.75) is 6.54 Å². The largest absolute Gasteiger partial charge is 0.459 e. The SMILES string of the molecule is O=C(Nc1ccc2sc3[n+](c2c1)CCN3)c1ccco1. The van der Waals surface area contributed by atoms with Crippen molar-refractivity contribution in [3.63, 3.8) is 0 Å². The van der Waals surface area contributed by atoms with Crippen molar-refractivity contribution in [1.29, 1.82) is 0 Å². The molecule has 3 heterocycles. The Morgan fingerprint density at radius 3 is 3.20 bits per heavy atom. The van der Waals surface area contributed by atoms with Crippen LogP contribution in [0, 0.1) is 0 Å². The molecule has 0 saturated carbocycles. The van der Waals surface area contributed by atoms with E-state index in [1.54, 1.807) is 23.5 Å². The summed E-state index contributed by atoms with van der Waals surface area (Å²) in [5.41, 5.74) is 1.92. The van der Waals surface area contributed by atoms with Crippen LogP contribution < -0.4 is 15.2 Å². The second-order valence-electron chi connectivity index (χ2n) is 4.60. The molecule has 4 rings (SSSR count). The quantitative estimate of drug-likeness (QED) is 0.711. The highest BCUT2D eigenvalue weighted by Crippen LogP contribution is 2.28. The Morgan fingerprint density at radius 1 is 1.40 bits per heavy atom. The molecular formula is C14H12N3O2S+. The molecule has 0 spiro atoms. The van der Waals surface area contributed by atoms with Gasteiger partial charge in [0.25, 0.3) is 5.91 Å². The van der Waals surface area contributed by atoms with E-state index in [1.165, 1.54) is 16.1 Å². The number of carbonyl (C=O) groups excluding carboxylic acids is 1. The van der Waals surface area contributed by atoms with Gasteiger partial charge in [0.2, 0.25) is 0 Å². The second-order valence-corrected chi connectivity index (χ2v) is 5.63. The summed E-state index contributed by atoms with van der Waals surface area (Å²) in [4.78, 5) is 12.0. The maximum Gasteiger partial charge on any atom is 0.335 e. The van der Waals surface area contributed by atoms with Gasteiger partial charge in [0, 0.05) is 11.8 Å². The first kappa shape index (κ1) is 11.5. The number of anilines is 2. The molecule has 0 radical (unpaired) electrons. The van der Waals surface area contributed by atoms with Crippen LogP contribution in [0.5, 0.6) is 0 Å². The first-order valence-corrected chi connectivity index (χ1v) is 7.18. The van der Waals surface area contributed by atoms with E-state index in [2.05, 4.69) is 15.2 Å². The molecule has 20 heavy (non-hydrogen) atoms. The number of amides is 1. The van der Waals surface area contributed by atoms with Gasteiger partial charge in [-0.3, -0.25) is 10.1 Å². The van der Waals surface area contributed by atoms with Crippen LogP contribution in [0.25, 0.3) is 10.2 Å². The van der Waals surface area contributed by atoms with Gasteiger partial charge >= 0.3 is 5.13 Å². The number of nitrogens with zero attached hydrogens (tertiary/aromatic N) is 1. The Morgan fingerprint density at radius 2 is 2.35 bits per heavy atom. The van der Waals surface area contributed by atoms with Gasteiger partial charge in [-0.1, -0.05) is 0 Å². The van der Waals surface area contributed by atoms with E-state index in [1.807, 2.05) is 18.2 Å². The van der Waals surface area contributed by atoms with Crippen LogP contribution in [0.3, 0.4) is 0 Å². The number of hydrogen-bond acceptors (Lipinski definition) is 4. The predicted molar refractivity (Wildman–Crippen MR) is 77.2 cm³/mol. The first-order chi connectivity index (χ1) is 9.81. The summed E-state index contributed by atoms with van der Waals surface area (Å²) in [6, 6.07) is 9.30. The van der Waals surface area contributed by atoms with Gasteiger partial charge in [-0.05, 0) is 35.6 Å². The lowest BCUT2D eigenvalue weighted by molar-refractivity contribution is -0.640. The summed E-state index contributed by atoms with van der Waals surface area (Å²) in [5, 5.41) is 7.38. The zero-order valence-electron chi connectivity index (χ0n) is 10.6. The molecule has 100 valence electrons. The van der Waals surface area contributed by atoms with Gasteiger partial charge in [0.15, 0.2) is 5.76 Å². The van der Waals surface area contributed by atoms with E-state index in [-0.39, 0.29) is 5.91 Å². The van der Waals surface area contributed by atoms with Gasteiger partial charge in [-0.25, -0.2) is 4.57 Å². The lowest BCUT2D eigenvalue weighted by Crippen LogP contribution is -2.28. The van der Waals surface area contributed by atoms with Crippen molar-refractivity contribution < 1.29 is 13.8 Å². The van der Waals surface area contributed by atoms with Crippen molar-refractivity contribution in [3.05, 3.63) is 42.4 Å². The molecule has 0 bridgehead atoms. The van der Waals surface area contributed by atoms with Crippen LogP contribution in [0.4, 0.5) is 10.8 Å². The van der Waals surface area contributed by atoms with Crippen molar-refractivity contribution in [2.75, 3.05) is 17.2 Å². The Balaban J connectivity index is 1.69. The average molecular weight is 286 g/mol. The number of carbonyl (C=O) groups is 1. The highest BCUT2D eigenvalue weighted by atomic mass is 32.1. The summed E-state index contributed by atoms with van der Waals surface area (Å²) in [7, 11) is 0. The van der Waals surface area contributed by atoms with Crippen molar-refractivity contribution in [1.82, 2.24) is 0 Å². The number of aromatic nitrogens is 1. The van der Waals surface area contributed by atoms with Crippen LogP contribution >= 0.6 is 11.3 Å². The van der Waals surface area contributed by atoms with Crippen LogP contribution in [-0.4, -0.2) is 12.5 Å². The van der Waals surface area contributed by atoms with Crippen molar-refractivity contribution >= 4 is 38.3 Å². The average Bonchev–Trinajstić information content (AvgIpc) is 3.15. The molecule has 0 unspecified atom stereocenters. The Hall–Kier alpha value is -2.34. The van der Waals surface area contributed by atoms with E-state index in [9.17, 15) is 4.79 Å². The molecule has 1 amide bonds. The second kappa shape index (κ2) is 4.35. The topological polar surface area (TPSA) is 58.2 Å². The Labute approximate surface area is 118 Å². The first-order valence-electron chi connectivity index (χ1n) is 6.36. The number of benzene rings is 1. The number of fused-ring (bicyclic) bond motifs is 3. The molecule has 1 aliphatic rings. The molecule has 1 aromatic carbocycles. The normalized spacial score (nSPS) is 13.2. The van der Waals surface area contributed by atoms with E-state index < -0.39 is 0 Å². The zero-order chi connectivity index (χ0) is 13.5. The zero-order valence-corrected chi connectivity index (χ0v) is 11.4. The molecule has 0 fully saturated rings. The fourth-order valence-corrected chi connectivity index (χ4v) is 3.48. The molecule has 6 heteroatoms. The number of thiazole rings is 1. The van der Waals surface area contributed by atoms with Gasteiger partial charge in [0.05, 0.1) is 11.0 Å². The minimum Gasteiger partial charge on any atom is -0.459 e. The minimum atomic E-state index is -0.232. The molecule has 1 aliphatic heterocycles. The summed E-state index contributed by atoms with van der Waals surface area (Å²) < 4.78 is 8.54. The summed E-state index contributed by atoms with van der Waals surface area (Å²) >= 11 is 1.73. The van der Waals surface area contributed by atoms with E-state index >= 15 is 0 Å². The minimum absolute atomic E-state index is 0.232. The van der Waals surface area contributed by atoms with Gasteiger partial charge < -0.3 is 9.73 Å². The van der Waals surface area contributed by atoms with Gasteiger partial charge in [-0.2, -0.15) is 0 Å². The highest BCUT2D eigenvalue weighted by Gasteiger charge is 2.23. The maximum absolute atomic E-state index is 12.0. The lowest BCUT2D eigenvalue weighted by atomic mass is 10.3. The van der Waals surface area contributed by atoms with Crippen LogP contribution in [-0.2, 0) is 6.54 Å². The van der Waals surface area contributed by atoms with Crippen LogP contribution in [0.15, 0.2) is 41.0 Å². The number of hydrogen-bond donors (Lipinski definition) is 2. The van der Waals surface area contributed by atoms with Crippen LogP contribution in [0.2, 0.25) is 0 Å². The Kier molecular flexibility index (Phi) is 2.50. The molecular weight excluding hydrogens is 274 g/mol. The van der Waals surface area contributed by atoms with Gasteiger partial charge in [-0.15, -0.1) is 0 Å². The Bertz CT molecular complexity index is 792. The van der Waals surface area contributed by atoms with Gasteiger partial charge in [0.1, 0.15) is 18.6 Å². The molecule has 0 saturated heterocycles. The fraction of sp³-hybridized carbons (Fsp3) is 0.143. The third-order valence-corrected chi connectivity index (χ3v) is 4.44. The van der Waals surface area contributed by atoms with E-state index in [4.69, 9.17) is 4.42 Å². The van der Waals surface area contributed by atoms with Crippen molar-refractivity contribution in [3.8, 4) is 0 Å². The summed E-state index contributed by atoms with van der Waals surface area (Å²) in [6.45, 7) is 1.93. The third kappa shape index (κ3) is 1.77. The molecule has 2 aromatic heterocycles. The smallest absolute Gasteiger partial charge is 0.335 e. The highest BCUT2D eigenvalue weighted by molar-refractivity contribution is 7.21. The number of rotatable bonds is 2. The number of nitrogens with one attached hydrogen (secondary N) is 2. The molecule has 0 atom stereocenters. The number of furan rings is 1. The standard InChI is InChI=1S/C14H11N3O2S/c18-13(11-2-1-7-19-11)16-9-3-4-12-10(8-9)17-6-5-15-14(17)20-12/h1-4,7-8H,5-6H2,(H,16,18)/p+1. The van der Waals surface area contributed by atoms with Crippen molar-refractivity contribution in [2.24, 2.45) is 0 Å². The summed E-state index contributed by atoms with van der Waals surface area (Å²) in [6.07, 6.45) is 1.49. The third-order valence-electron chi connectivity index (χ3n) is 3.32. The monoisotopic (exact) mass is 286 g/mol. The maximum atomic E-state index is 12.0. The summed E-state index contributed by atoms with van der Waals surface area (Å²) in [5.74, 6) is 0.0827. The lowest BCUT2D eigenvalue weighted by Gasteiger charge is -2.02. The molecule has 3 aromatic rings.